The van der Waals surface area contributed by atoms with E-state index < -0.39 is 0 Å². The Labute approximate surface area is 232 Å². The highest BCUT2D eigenvalue weighted by Gasteiger charge is 2.46. The van der Waals surface area contributed by atoms with Crippen LogP contribution in [0.3, 0.4) is 0 Å². The molecule has 2 aliphatic rings. The molecule has 8 nitrogen and oxygen atoms in total. The fourth-order valence-corrected chi connectivity index (χ4v) is 7.12. The molecule has 1 N–H and O–H groups in total. The molecule has 8 atom stereocenters. The molecule has 0 aromatic carbocycles. The van der Waals surface area contributed by atoms with Gasteiger partial charge in [0.15, 0.2) is 0 Å². The summed E-state index contributed by atoms with van der Waals surface area (Å²) in [6, 6.07) is 2.79. The van der Waals surface area contributed by atoms with Gasteiger partial charge >= 0.3 is 0 Å². The lowest BCUT2D eigenvalue weighted by molar-refractivity contribution is -0.137. The summed E-state index contributed by atoms with van der Waals surface area (Å²) in [6.07, 6.45) is 7.30. The molecule has 0 aliphatic heterocycles. The van der Waals surface area contributed by atoms with E-state index in [9.17, 15) is 10.1 Å². The number of carbonyl (C=O) groups is 1. The number of methoxy groups -OCH3 is 4. The highest BCUT2D eigenvalue weighted by molar-refractivity contribution is 5.79. The molecule has 1 amide bonds. The Bertz CT molecular complexity index is 744. The van der Waals surface area contributed by atoms with E-state index in [1.165, 1.54) is 0 Å². The average molecular weight is 538 g/mol. The van der Waals surface area contributed by atoms with Gasteiger partial charge in [0.25, 0.3) is 0 Å². The predicted molar refractivity (Wildman–Crippen MR) is 150 cm³/mol. The van der Waals surface area contributed by atoms with Gasteiger partial charge in [-0.05, 0) is 96.2 Å². The second kappa shape index (κ2) is 16.1. The molecule has 0 heterocycles. The number of hydrogen-bond acceptors (Lipinski definition) is 7. The highest BCUT2D eigenvalue weighted by Crippen LogP contribution is 2.47. The number of nitrogens with zero attached hydrogens (tertiary/aromatic N) is 2. The lowest BCUT2D eigenvalue weighted by Crippen LogP contribution is -2.47. The van der Waals surface area contributed by atoms with Crippen LogP contribution >= 0.6 is 0 Å². The zero-order valence-electron chi connectivity index (χ0n) is 25.3. The molecule has 2 aliphatic carbocycles. The molecule has 38 heavy (non-hydrogen) atoms. The largest absolute Gasteiger partial charge is 0.379 e. The van der Waals surface area contributed by atoms with Crippen LogP contribution in [0.25, 0.3) is 0 Å². The fourth-order valence-electron chi connectivity index (χ4n) is 7.12. The molecule has 0 saturated heterocycles. The fraction of sp³-hybridized carbons (Fsp3) is 0.933. The Morgan fingerprint density at radius 3 is 2.13 bits per heavy atom. The summed E-state index contributed by atoms with van der Waals surface area (Å²) in [5.74, 6) is 0.928. The zero-order chi connectivity index (χ0) is 28.3. The normalized spacial score (nSPS) is 31.7. The minimum atomic E-state index is -0.357. The number of amides is 1. The summed E-state index contributed by atoms with van der Waals surface area (Å²) in [5, 5.41) is 13.5. The molecule has 2 fully saturated rings. The van der Waals surface area contributed by atoms with Crippen molar-refractivity contribution in [3.8, 4) is 6.07 Å². The molecule has 220 valence electrons. The molecular weight excluding hydrogens is 482 g/mol. The van der Waals surface area contributed by atoms with Crippen LogP contribution in [0.1, 0.15) is 72.1 Å². The topological polar surface area (TPSA) is 93.1 Å². The quantitative estimate of drug-likeness (QED) is 0.333. The van der Waals surface area contributed by atoms with Crippen molar-refractivity contribution in [1.82, 2.24) is 10.2 Å². The molecule has 2 rings (SSSR count). The molecule has 8 unspecified atom stereocenters. The first-order chi connectivity index (χ1) is 18.2. The Kier molecular flexibility index (Phi) is 14.0. The van der Waals surface area contributed by atoms with Gasteiger partial charge in [0.05, 0.1) is 35.9 Å². The van der Waals surface area contributed by atoms with E-state index >= 15 is 0 Å². The van der Waals surface area contributed by atoms with Crippen molar-refractivity contribution < 1.29 is 23.7 Å². The number of carbonyl (C=O) groups excluding carboxylic acids is 1. The van der Waals surface area contributed by atoms with Crippen LogP contribution in [0.5, 0.6) is 0 Å². The van der Waals surface area contributed by atoms with Gasteiger partial charge in [0.1, 0.15) is 0 Å². The Balaban J connectivity index is 1.97. The van der Waals surface area contributed by atoms with Crippen LogP contribution in [0.2, 0.25) is 0 Å². The predicted octanol–water partition coefficient (Wildman–Crippen LogP) is 4.28. The summed E-state index contributed by atoms with van der Waals surface area (Å²) in [7, 11) is 9.11. The monoisotopic (exact) mass is 537 g/mol. The summed E-state index contributed by atoms with van der Waals surface area (Å²) >= 11 is 0. The molecular formula is C30H55N3O5. The van der Waals surface area contributed by atoms with Gasteiger partial charge < -0.3 is 29.2 Å². The number of nitriles is 1. The van der Waals surface area contributed by atoms with Gasteiger partial charge in [-0.15, -0.1) is 0 Å². The molecule has 0 radical (unpaired) electrons. The van der Waals surface area contributed by atoms with Gasteiger partial charge in [-0.3, -0.25) is 4.79 Å². The molecule has 0 aromatic heterocycles. The minimum Gasteiger partial charge on any atom is -0.379 e. The summed E-state index contributed by atoms with van der Waals surface area (Å²) in [6.45, 7) is 8.85. The molecule has 0 spiro atoms. The van der Waals surface area contributed by atoms with Gasteiger partial charge in [-0.2, -0.15) is 5.26 Å². The van der Waals surface area contributed by atoms with Crippen molar-refractivity contribution in [3.63, 3.8) is 0 Å². The third-order valence-electron chi connectivity index (χ3n) is 9.61. The van der Waals surface area contributed by atoms with E-state index in [2.05, 4.69) is 37.2 Å². The maximum Gasteiger partial charge on any atom is 0.223 e. The van der Waals surface area contributed by atoms with E-state index in [1.54, 1.807) is 28.4 Å². The maximum atomic E-state index is 12.9. The van der Waals surface area contributed by atoms with Crippen molar-refractivity contribution in [2.24, 2.45) is 29.1 Å². The lowest BCUT2D eigenvalue weighted by atomic mass is 9.61. The highest BCUT2D eigenvalue weighted by atomic mass is 16.5. The van der Waals surface area contributed by atoms with Crippen molar-refractivity contribution in [1.29, 1.82) is 5.26 Å². The molecule has 2 saturated carbocycles. The first-order valence-corrected chi connectivity index (χ1v) is 14.7. The van der Waals surface area contributed by atoms with Crippen LogP contribution in [0.4, 0.5) is 0 Å². The van der Waals surface area contributed by atoms with E-state index in [4.69, 9.17) is 18.9 Å². The number of hydrogen-bond donors (Lipinski definition) is 1. The number of nitrogens with one attached hydrogen (secondary N) is 1. The van der Waals surface area contributed by atoms with E-state index in [0.717, 1.165) is 58.0 Å². The van der Waals surface area contributed by atoms with Crippen molar-refractivity contribution >= 4 is 5.91 Å². The third-order valence-corrected chi connectivity index (χ3v) is 9.61. The van der Waals surface area contributed by atoms with Crippen molar-refractivity contribution in [2.45, 2.75) is 96.6 Å². The van der Waals surface area contributed by atoms with Crippen LogP contribution < -0.4 is 5.32 Å². The standard InChI is InChI=1S/C30H55N3O5/c1-9-32-29(34)24-19-28(38-8)26(36-6)17-22(24)13-16-33(4)15-10-14-30(20-31,21(2)3)23-11-12-25(35-5)27(18-23)37-7/h21-28H,9-19H2,1-8H3,(H,32,34). The molecule has 8 heteroatoms. The van der Waals surface area contributed by atoms with E-state index in [-0.39, 0.29) is 53.5 Å². The second-order valence-corrected chi connectivity index (χ2v) is 11.8. The third kappa shape index (κ3) is 8.14. The summed E-state index contributed by atoms with van der Waals surface area (Å²) in [5.41, 5.74) is -0.357. The maximum absolute atomic E-state index is 12.9. The van der Waals surface area contributed by atoms with Crippen LogP contribution in [0.15, 0.2) is 0 Å². The van der Waals surface area contributed by atoms with E-state index in [0.29, 0.717) is 18.9 Å². The van der Waals surface area contributed by atoms with Gasteiger partial charge in [0.2, 0.25) is 5.91 Å². The van der Waals surface area contributed by atoms with Gasteiger partial charge in [-0.1, -0.05) is 13.8 Å². The Hall–Kier alpha value is -1.24. The van der Waals surface area contributed by atoms with Crippen LogP contribution in [0, 0.1) is 40.4 Å². The van der Waals surface area contributed by atoms with Crippen LogP contribution in [-0.2, 0) is 23.7 Å². The SMILES string of the molecule is CCNC(=O)C1CC(OC)C(OC)CC1CCN(C)CCCC(C#N)(C(C)C)C1CCC(OC)C(OC)C1. The second-order valence-electron chi connectivity index (χ2n) is 11.8. The smallest absolute Gasteiger partial charge is 0.223 e. The van der Waals surface area contributed by atoms with Gasteiger partial charge in [-0.25, -0.2) is 0 Å². The van der Waals surface area contributed by atoms with E-state index in [1.807, 2.05) is 6.92 Å². The number of ether oxygens (including phenoxy) is 4. The lowest BCUT2D eigenvalue weighted by Gasteiger charge is -2.44. The molecule has 0 aromatic rings. The summed E-state index contributed by atoms with van der Waals surface area (Å²) in [4.78, 5) is 15.2. The molecule has 0 bridgehead atoms. The zero-order valence-corrected chi connectivity index (χ0v) is 25.3. The first-order valence-electron chi connectivity index (χ1n) is 14.7. The Morgan fingerprint density at radius 2 is 1.58 bits per heavy atom. The first kappa shape index (κ1) is 33.0. The van der Waals surface area contributed by atoms with Crippen molar-refractivity contribution in [3.05, 3.63) is 0 Å². The van der Waals surface area contributed by atoms with Gasteiger partial charge in [0, 0.05) is 40.9 Å². The Morgan fingerprint density at radius 1 is 0.974 bits per heavy atom. The van der Waals surface area contributed by atoms with Crippen molar-refractivity contribution in [2.75, 3.05) is 55.1 Å². The average Bonchev–Trinajstić information content (AvgIpc) is 2.93. The summed E-state index contributed by atoms with van der Waals surface area (Å²) < 4.78 is 22.8. The van der Waals surface area contributed by atoms with Crippen LogP contribution in [-0.4, -0.2) is 90.3 Å². The number of rotatable bonds is 15. The minimum absolute atomic E-state index is 0.0207.